The van der Waals surface area contributed by atoms with Gasteiger partial charge in [-0.05, 0) is 289 Å². The molecule has 9 unspecified atom stereocenters. The smallest absolute Gasteiger partial charge is 0.000943 e. The SMILES string of the molecule is CCC(CC(C)CCCN(CC)CC)C(C)CN(CC)CC.CCN(CC)CCCC(C)CC(C)CCN(C)C.CCN(CC)CCCC(C)CC(C)CCN(CC)CC.CCN(CC)CCCC(C)CC(C)CN(C)C. The summed E-state index contributed by atoms with van der Waals surface area (Å²) in [6, 6.07) is 0. The van der Waals surface area contributed by atoms with Gasteiger partial charge < -0.3 is 39.2 Å². The van der Waals surface area contributed by atoms with Gasteiger partial charge in [0.15, 0.2) is 0 Å². The Morgan fingerprint density at radius 3 is 0.779 bits per heavy atom. The van der Waals surface area contributed by atoms with E-state index in [2.05, 4.69) is 213 Å². The van der Waals surface area contributed by atoms with Crippen LogP contribution in [0.15, 0.2) is 0 Å². The molecule has 8 nitrogen and oxygen atoms in total. The summed E-state index contributed by atoms with van der Waals surface area (Å²) in [6.07, 6.45) is 20.6. The van der Waals surface area contributed by atoms with Crippen molar-refractivity contribution in [3.05, 3.63) is 0 Å². The highest BCUT2D eigenvalue weighted by Crippen LogP contribution is 2.27. The van der Waals surface area contributed by atoms with Crippen molar-refractivity contribution in [2.75, 3.05) is 159 Å². The maximum Gasteiger partial charge on any atom is 0.000943 e. The minimum Gasteiger partial charge on any atom is -0.309 e. The Bertz CT molecular complexity index is 1110. The first-order valence-electron chi connectivity index (χ1n) is 34.2. The lowest BCUT2D eigenvalue weighted by molar-refractivity contribution is 0.188. The topological polar surface area (TPSA) is 25.9 Å². The molecule has 0 fully saturated rings. The zero-order valence-corrected chi connectivity index (χ0v) is 58.5. The summed E-state index contributed by atoms with van der Waals surface area (Å²) in [7, 11) is 8.67. The van der Waals surface area contributed by atoms with Crippen molar-refractivity contribution in [1.82, 2.24) is 39.2 Å². The molecule has 0 spiro atoms. The quantitative estimate of drug-likeness (QED) is 0.0595. The number of hydrogen-bond acceptors (Lipinski definition) is 8. The van der Waals surface area contributed by atoms with Crippen LogP contribution in [0.2, 0.25) is 0 Å². The molecule has 0 aromatic carbocycles. The molecule has 0 heterocycles. The Hall–Kier alpha value is -0.320. The molecule has 0 aliphatic heterocycles. The summed E-state index contributed by atoms with van der Waals surface area (Å²) in [5, 5.41) is 0. The maximum atomic E-state index is 2.58. The zero-order chi connectivity index (χ0) is 59.6. The molecular formula is C69H154N8. The highest BCUT2D eigenvalue weighted by molar-refractivity contribution is 4.73. The molecule has 0 radical (unpaired) electrons. The Morgan fingerprint density at radius 2 is 0.506 bits per heavy atom. The van der Waals surface area contributed by atoms with E-state index in [1.807, 2.05) is 0 Å². The van der Waals surface area contributed by atoms with Crippen molar-refractivity contribution in [3.63, 3.8) is 0 Å². The second-order valence-corrected chi connectivity index (χ2v) is 25.7. The van der Waals surface area contributed by atoms with Crippen LogP contribution in [0, 0.1) is 53.3 Å². The van der Waals surface area contributed by atoms with Crippen molar-refractivity contribution >= 4 is 0 Å². The molecule has 77 heavy (non-hydrogen) atoms. The lowest BCUT2D eigenvalue weighted by Gasteiger charge is -2.30. The maximum absolute atomic E-state index is 2.58. The highest BCUT2D eigenvalue weighted by atomic mass is 15.1. The van der Waals surface area contributed by atoms with Gasteiger partial charge in [-0.2, -0.15) is 0 Å². The van der Waals surface area contributed by atoms with E-state index in [0.29, 0.717) is 0 Å². The van der Waals surface area contributed by atoms with Gasteiger partial charge in [-0.25, -0.2) is 0 Å². The summed E-state index contributed by atoms with van der Waals surface area (Å²) in [5.74, 6) is 7.82. The number of hydrogen-bond donors (Lipinski definition) is 0. The van der Waals surface area contributed by atoms with Crippen molar-refractivity contribution < 1.29 is 0 Å². The number of rotatable bonds is 48. The highest BCUT2D eigenvalue weighted by Gasteiger charge is 2.20. The molecule has 470 valence electrons. The van der Waals surface area contributed by atoms with Crippen LogP contribution in [-0.4, -0.2) is 198 Å². The van der Waals surface area contributed by atoms with Gasteiger partial charge in [-0.3, -0.25) is 0 Å². The van der Waals surface area contributed by atoms with E-state index in [1.54, 1.807) is 0 Å². The fourth-order valence-electron chi connectivity index (χ4n) is 12.1. The van der Waals surface area contributed by atoms with Crippen LogP contribution in [0.3, 0.4) is 0 Å². The molecule has 0 aromatic heterocycles. The molecule has 0 N–H and O–H groups in total. The first-order valence-corrected chi connectivity index (χ1v) is 34.2. The normalized spacial score (nSPS) is 15.5. The largest absolute Gasteiger partial charge is 0.309 e. The third kappa shape index (κ3) is 53.4. The fraction of sp³-hybridized carbons (Fsp3) is 1.00. The van der Waals surface area contributed by atoms with Gasteiger partial charge in [-0.1, -0.05) is 152 Å². The third-order valence-electron chi connectivity index (χ3n) is 17.7. The van der Waals surface area contributed by atoms with Gasteiger partial charge in [0.2, 0.25) is 0 Å². The summed E-state index contributed by atoms with van der Waals surface area (Å²) in [5.41, 5.74) is 0. The summed E-state index contributed by atoms with van der Waals surface area (Å²) in [6.45, 7) is 73.5. The summed E-state index contributed by atoms with van der Waals surface area (Å²) >= 11 is 0. The van der Waals surface area contributed by atoms with Gasteiger partial charge in [-0.15, -0.1) is 0 Å². The molecule has 0 bridgehead atoms. The third-order valence-corrected chi connectivity index (χ3v) is 17.7. The van der Waals surface area contributed by atoms with Crippen LogP contribution in [0.25, 0.3) is 0 Å². The van der Waals surface area contributed by atoms with Crippen LogP contribution >= 0.6 is 0 Å². The Kier molecular flexibility index (Phi) is 62.1. The van der Waals surface area contributed by atoms with Crippen LogP contribution in [0.5, 0.6) is 0 Å². The monoisotopic (exact) mass is 1100 g/mol. The average molecular weight is 1100 g/mol. The molecule has 0 aliphatic carbocycles. The first-order chi connectivity index (χ1) is 36.6. The number of nitrogens with zero attached hydrogens (tertiary/aromatic N) is 8. The molecule has 9 atom stereocenters. The first kappa shape index (κ1) is 83.1. The van der Waals surface area contributed by atoms with Crippen LogP contribution in [-0.2, 0) is 0 Å². The molecule has 0 rings (SSSR count). The second kappa shape index (κ2) is 57.5. The van der Waals surface area contributed by atoms with Crippen molar-refractivity contribution in [1.29, 1.82) is 0 Å². The van der Waals surface area contributed by atoms with Gasteiger partial charge in [0.25, 0.3) is 0 Å². The van der Waals surface area contributed by atoms with Crippen molar-refractivity contribution in [3.8, 4) is 0 Å². The van der Waals surface area contributed by atoms with Gasteiger partial charge in [0.05, 0.1) is 0 Å². The molecule has 0 aliphatic rings. The molecule has 8 heteroatoms. The molecule has 0 aromatic rings. The minimum atomic E-state index is 0.827. The lowest BCUT2D eigenvalue weighted by Crippen LogP contribution is -2.32. The van der Waals surface area contributed by atoms with E-state index in [0.717, 1.165) is 53.3 Å². The van der Waals surface area contributed by atoms with Crippen LogP contribution < -0.4 is 0 Å². The fourth-order valence-corrected chi connectivity index (χ4v) is 12.1. The summed E-state index contributed by atoms with van der Waals surface area (Å²) < 4.78 is 0. The van der Waals surface area contributed by atoms with Crippen LogP contribution in [0.4, 0.5) is 0 Å². The Balaban J connectivity index is -0.000000464. The van der Waals surface area contributed by atoms with E-state index in [-0.39, 0.29) is 0 Å². The van der Waals surface area contributed by atoms with Crippen LogP contribution in [0.1, 0.15) is 242 Å². The predicted octanol–water partition coefficient (Wildman–Crippen LogP) is 16.7. The second-order valence-electron chi connectivity index (χ2n) is 25.7. The molecular weight excluding hydrogens is 941 g/mol. The van der Waals surface area contributed by atoms with Crippen molar-refractivity contribution in [2.45, 2.75) is 242 Å². The summed E-state index contributed by atoms with van der Waals surface area (Å²) in [4.78, 5) is 19.9. The van der Waals surface area contributed by atoms with E-state index in [9.17, 15) is 0 Å². The van der Waals surface area contributed by atoms with E-state index < -0.39 is 0 Å². The molecule has 0 amide bonds. The Labute approximate surface area is 491 Å². The zero-order valence-electron chi connectivity index (χ0n) is 58.5. The van der Waals surface area contributed by atoms with E-state index in [4.69, 9.17) is 0 Å². The standard InChI is InChI=1S/C20H44N2.C18H40N2.C16H36N2.C15H34N2/c1-8-20(19(7)17-22(11-4)12-5)16-18(6)14-13-15-21(9-2)10-3;1-7-19(8-2)14-11-12-17(5)16-18(6)13-15-20(9-3)10-4;1-7-18(8-2)12-9-10-15(3)14-16(4)11-13-17(5)6;1-7-17(8-2)11-9-10-14(3)12-15(4)13-16(5)6/h18-20H,8-17H2,1-7H3;17-18H,7-16H2,1-6H3;15-16H,7-14H2,1-6H3;14-15H,7-13H2,1-6H3. The minimum absolute atomic E-state index is 0.827. The molecule has 0 saturated carbocycles. The Morgan fingerprint density at radius 1 is 0.247 bits per heavy atom. The average Bonchev–Trinajstić information content (AvgIpc) is 3.39. The lowest BCUT2D eigenvalue weighted by atomic mass is 9.82. The van der Waals surface area contributed by atoms with Gasteiger partial charge in [0, 0.05) is 13.1 Å². The van der Waals surface area contributed by atoms with Crippen molar-refractivity contribution in [2.24, 2.45) is 53.3 Å². The van der Waals surface area contributed by atoms with Gasteiger partial charge >= 0.3 is 0 Å². The predicted molar refractivity (Wildman–Crippen MR) is 356 cm³/mol. The molecule has 0 saturated heterocycles. The van der Waals surface area contributed by atoms with Gasteiger partial charge in [0.1, 0.15) is 0 Å². The van der Waals surface area contributed by atoms with E-state index >= 15 is 0 Å². The van der Waals surface area contributed by atoms with E-state index in [1.165, 1.54) is 227 Å².